The van der Waals surface area contributed by atoms with Crippen LogP contribution in [0.25, 0.3) is 0 Å². The molecular weight excluding hydrogens is 350 g/mol. The van der Waals surface area contributed by atoms with Gasteiger partial charge in [-0.2, -0.15) is 0 Å². The van der Waals surface area contributed by atoms with Crippen molar-refractivity contribution < 1.29 is 9.59 Å². The molecule has 1 aliphatic heterocycles. The lowest BCUT2D eigenvalue weighted by atomic mass is 9.89. The molecule has 1 aliphatic rings. The number of aromatic amines is 1. The summed E-state index contributed by atoms with van der Waals surface area (Å²) >= 11 is 1.75. The van der Waals surface area contributed by atoms with Crippen molar-refractivity contribution in [2.45, 2.75) is 51.6 Å². The Kier molecular flexibility index (Phi) is 5.09. The summed E-state index contributed by atoms with van der Waals surface area (Å²) in [5.41, 5.74) is 3.21. The average molecular weight is 373 g/mol. The van der Waals surface area contributed by atoms with E-state index in [0.717, 1.165) is 33.8 Å². The standard InChI is InChI=1S/C19H23N3O3S/c1-5-22-19(25)14(9-20-22)17(24)13-8-10(2)18-16(11(13)3)15(6-7-26-18)21-12(4)23/h8-9,15,20H,5-7H2,1-4H3,(H,21,23). The number of ketones is 1. The first-order valence-corrected chi connectivity index (χ1v) is 9.70. The number of fused-ring (bicyclic) bond motifs is 1. The van der Waals surface area contributed by atoms with Gasteiger partial charge in [0.05, 0.1) is 6.04 Å². The SMILES string of the molecule is CCn1[nH]cc(C(=O)c2cc(C)c3c(c2C)C(NC(C)=O)CCS3)c1=O. The zero-order valence-electron chi connectivity index (χ0n) is 15.4. The maximum atomic E-state index is 13.1. The Morgan fingerprint density at radius 2 is 2.08 bits per heavy atom. The lowest BCUT2D eigenvalue weighted by molar-refractivity contribution is -0.119. The fourth-order valence-corrected chi connectivity index (χ4v) is 4.82. The number of carbonyl (C=O) groups is 2. The Hall–Kier alpha value is -2.28. The van der Waals surface area contributed by atoms with E-state index in [1.165, 1.54) is 17.8 Å². The number of benzene rings is 1. The maximum Gasteiger partial charge on any atom is 0.277 e. The first-order valence-electron chi connectivity index (χ1n) is 8.72. The number of H-pyrrole nitrogens is 1. The number of nitrogens with one attached hydrogen (secondary N) is 2. The van der Waals surface area contributed by atoms with Gasteiger partial charge in [-0.05, 0) is 49.9 Å². The number of aromatic nitrogens is 2. The van der Waals surface area contributed by atoms with Gasteiger partial charge in [-0.3, -0.25) is 19.1 Å². The highest BCUT2D eigenvalue weighted by Gasteiger charge is 2.29. The molecule has 0 spiro atoms. The molecule has 7 heteroatoms. The topological polar surface area (TPSA) is 84.0 Å². The predicted molar refractivity (Wildman–Crippen MR) is 102 cm³/mol. The van der Waals surface area contributed by atoms with E-state index in [4.69, 9.17) is 0 Å². The molecule has 2 N–H and O–H groups in total. The second-order valence-electron chi connectivity index (χ2n) is 6.56. The Bertz CT molecular complexity index is 942. The molecule has 0 saturated heterocycles. The zero-order valence-corrected chi connectivity index (χ0v) is 16.3. The van der Waals surface area contributed by atoms with Gasteiger partial charge in [0.1, 0.15) is 5.56 Å². The van der Waals surface area contributed by atoms with Crippen LogP contribution in [0.3, 0.4) is 0 Å². The van der Waals surface area contributed by atoms with Crippen LogP contribution in [0.15, 0.2) is 22.0 Å². The average Bonchev–Trinajstić information content (AvgIpc) is 2.97. The van der Waals surface area contributed by atoms with Gasteiger partial charge in [-0.25, -0.2) is 0 Å². The van der Waals surface area contributed by atoms with Crippen molar-refractivity contribution in [2.75, 3.05) is 5.75 Å². The molecule has 0 fully saturated rings. The summed E-state index contributed by atoms with van der Waals surface area (Å²) in [4.78, 5) is 38.2. The van der Waals surface area contributed by atoms with Gasteiger partial charge in [0.25, 0.3) is 5.56 Å². The second kappa shape index (κ2) is 7.15. The molecule has 0 saturated carbocycles. The number of nitrogens with zero attached hydrogens (tertiary/aromatic N) is 1. The lowest BCUT2D eigenvalue weighted by Crippen LogP contribution is -2.30. The highest BCUT2D eigenvalue weighted by atomic mass is 32.2. The van der Waals surface area contributed by atoms with E-state index in [9.17, 15) is 14.4 Å². The van der Waals surface area contributed by atoms with Crippen LogP contribution < -0.4 is 10.9 Å². The summed E-state index contributed by atoms with van der Waals surface area (Å²) in [7, 11) is 0. The number of aryl methyl sites for hydroxylation is 2. The van der Waals surface area contributed by atoms with Crippen molar-refractivity contribution in [1.29, 1.82) is 0 Å². The van der Waals surface area contributed by atoms with Gasteiger partial charge in [-0.1, -0.05) is 0 Å². The van der Waals surface area contributed by atoms with Crippen molar-refractivity contribution in [2.24, 2.45) is 0 Å². The molecule has 2 heterocycles. The Balaban J connectivity index is 2.13. The predicted octanol–water partition coefficient (Wildman–Crippen LogP) is 2.72. The van der Waals surface area contributed by atoms with Gasteiger partial charge >= 0.3 is 0 Å². The molecule has 1 aromatic heterocycles. The van der Waals surface area contributed by atoms with Crippen LogP contribution in [0.1, 0.15) is 58.9 Å². The lowest BCUT2D eigenvalue weighted by Gasteiger charge is -2.29. The van der Waals surface area contributed by atoms with Crippen molar-refractivity contribution in [1.82, 2.24) is 15.1 Å². The van der Waals surface area contributed by atoms with Crippen LogP contribution in [-0.4, -0.2) is 27.2 Å². The molecule has 0 radical (unpaired) electrons. The molecule has 1 amide bonds. The summed E-state index contributed by atoms with van der Waals surface area (Å²) < 4.78 is 1.41. The molecule has 6 nitrogen and oxygen atoms in total. The molecule has 0 aliphatic carbocycles. The molecule has 0 bridgehead atoms. The number of amides is 1. The van der Waals surface area contributed by atoms with E-state index in [0.29, 0.717) is 12.1 Å². The van der Waals surface area contributed by atoms with Crippen LogP contribution in [0.4, 0.5) is 0 Å². The molecule has 1 aromatic carbocycles. The van der Waals surface area contributed by atoms with E-state index in [1.807, 2.05) is 26.8 Å². The fourth-order valence-electron chi connectivity index (χ4n) is 3.53. The van der Waals surface area contributed by atoms with Crippen molar-refractivity contribution in [3.05, 3.63) is 50.4 Å². The summed E-state index contributed by atoms with van der Waals surface area (Å²) in [6.07, 6.45) is 2.30. The maximum absolute atomic E-state index is 13.1. The smallest absolute Gasteiger partial charge is 0.277 e. The van der Waals surface area contributed by atoms with Gasteiger partial charge in [0.15, 0.2) is 5.78 Å². The number of hydrogen-bond acceptors (Lipinski definition) is 4. The molecule has 1 atom stereocenters. The molecule has 26 heavy (non-hydrogen) atoms. The van der Waals surface area contributed by atoms with Crippen LogP contribution in [0.2, 0.25) is 0 Å². The first kappa shape index (κ1) is 18.5. The molecule has 138 valence electrons. The molecule has 1 unspecified atom stereocenters. The van der Waals surface area contributed by atoms with Gasteiger partial charge in [-0.15, -0.1) is 11.8 Å². The first-order chi connectivity index (χ1) is 12.3. The minimum atomic E-state index is -0.306. The van der Waals surface area contributed by atoms with E-state index in [-0.39, 0.29) is 28.9 Å². The van der Waals surface area contributed by atoms with Crippen LogP contribution in [-0.2, 0) is 11.3 Å². The summed E-state index contributed by atoms with van der Waals surface area (Å²) in [5.74, 6) is 0.557. The minimum absolute atomic E-state index is 0.0851. The quantitative estimate of drug-likeness (QED) is 0.807. The normalized spacial score (nSPS) is 16.2. The van der Waals surface area contributed by atoms with Crippen LogP contribution in [0, 0.1) is 13.8 Å². The number of rotatable bonds is 4. The fraction of sp³-hybridized carbons (Fsp3) is 0.421. The number of carbonyl (C=O) groups excluding carboxylic acids is 2. The van der Waals surface area contributed by atoms with Crippen LogP contribution in [0.5, 0.6) is 0 Å². The third-order valence-electron chi connectivity index (χ3n) is 4.80. The van der Waals surface area contributed by atoms with Crippen molar-refractivity contribution in [3.63, 3.8) is 0 Å². The Morgan fingerprint density at radius 1 is 1.35 bits per heavy atom. The minimum Gasteiger partial charge on any atom is -0.349 e. The van der Waals surface area contributed by atoms with E-state index in [2.05, 4.69) is 10.4 Å². The zero-order chi connectivity index (χ0) is 19.0. The monoisotopic (exact) mass is 373 g/mol. The molecular formula is C19H23N3O3S. The van der Waals surface area contributed by atoms with Gasteiger partial charge in [0, 0.05) is 35.9 Å². The van der Waals surface area contributed by atoms with Gasteiger partial charge in [0.2, 0.25) is 5.91 Å². The van der Waals surface area contributed by atoms with E-state index >= 15 is 0 Å². The number of hydrogen-bond donors (Lipinski definition) is 2. The largest absolute Gasteiger partial charge is 0.349 e. The van der Waals surface area contributed by atoms with Crippen molar-refractivity contribution >= 4 is 23.5 Å². The van der Waals surface area contributed by atoms with E-state index < -0.39 is 0 Å². The highest BCUT2D eigenvalue weighted by molar-refractivity contribution is 7.99. The Morgan fingerprint density at radius 3 is 2.69 bits per heavy atom. The third-order valence-corrected chi connectivity index (χ3v) is 6.07. The molecule has 2 aromatic rings. The number of thioether (sulfide) groups is 1. The Labute approximate surface area is 156 Å². The summed E-state index contributed by atoms with van der Waals surface area (Å²) in [6.45, 7) is 7.70. The summed E-state index contributed by atoms with van der Waals surface area (Å²) in [6, 6.07) is 1.76. The van der Waals surface area contributed by atoms with Crippen LogP contribution >= 0.6 is 11.8 Å². The third kappa shape index (κ3) is 3.11. The van der Waals surface area contributed by atoms with Gasteiger partial charge < -0.3 is 10.4 Å². The highest BCUT2D eigenvalue weighted by Crippen LogP contribution is 2.41. The summed E-state index contributed by atoms with van der Waals surface area (Å²) in [5, 5.41) is 5.83. The molecule has 3 rings (SSSR count). The van der Waals surface area contributed by atoms with E-state index in [1.54, 1.807) is 11.8 Å². The van der Waals surface area contributed by atoms with Crippen molar-refractivity contribution in [3.8, 4) is 0 Å². The second-order valence-corrected chi connectivity index (χ2v) is 7.67.